The minimum absolute atomic E-state index is 0.120. The quantitative estimate of drug-likeness (QED) is 0.862. The maximum atomic E-state index is 12.9. The van der Waals surface area contributed by atoms with Crippen molar-refractivity contribution in [1.82, 2.24) is 15.1 Å². The molecule has 2 N–H and O–H groups in total. The summed E-state index contributed by atoms with van der Waals surface area (Å²) in [5, 5.41) is 18.0. The van der Waals surface area contributed by atoms with Gasteiger partial charge >= 0.3 is 0 Å². The van der Waals surface area contributed by atoms with Crippen LogP contribution < -0.4 is 5.32 Å². The lowest BCUT2D eigenvalue weighted by Gasteiger charge is -2.22. The molecule has 1 aromatic carbocycles. The third-order valence-corrected chi connectivity index (χ3v) is 4.11. The Bertz CT molecular complexity index is 609. The third-order valence-electron chi connectivity index (χ3n) is 4.11. The molecule has 0 radical (unpaired) electrons. The van der Waals surface area contributed by atoms with Crippen molar-refractivity contribution in [2.45, 2.75) is 45.4 Å². The van der Waals surface area contributed by atoms with Crippen molar-refractivity contribution in [3.8, 4) is 0 Å². The summed E-state index contributed by atoms with van der Waals surface area (Å²) >= 11 is 0. The van der Waals surface area contributed by atoms with Crippen LogP contribution >= 0.6 is 0 Å². The normalized spacial score (nSPS) is 15.5. The second kappa shape index (κ2) is 7.03. The van der Waals surface area contributed by atoms with E-state index in [-0.39, 0.29) is 17.9 Å². The van der Waals surface area contributed by atoms with Gasteiger partial charge < -0.3 is 10.4 Å². The first-order valence-corrected chi connectivity index (χ1v) is 7.56. The van der Waals surface area contributed by atoms with Crippen molar-refractivity contribution in [3.05, 3.63) is 53.1 Å². The molecular formula is C17H24FN3O. The fourth-order valence-corrected chi connectivity index (χ4v) is 2.68. The van der Waals surface area contributed by atoms with Gasteiger partial charge in [-0.1, -0.05) is 12.1 Å². The summed E-state index contributed by atoms with van der Waals surface area (Å²) in [4.78, 5) is 0. The van der Waals surface area contributed by atoms with E-state index in [2.05, 4.69) is 17.3 Å². The highest BCUT2D eigenvalue weighted by Crippen LogP contribution is 2.21. The van der Waals surface area contributed by atoms with Gasteiger partial charge in [-0.25, -0.2) is 4.39 Å². The van der Waals surface area contributed by atoms with Gasteiger partial charge in [0, 0.05) is 30.4 Å². The maximum Gasteiger partial charge on any atom is 0.123 e. The van der Waals surface area contributed by atoms with Gasteiger partial charge in [0.15, 0.2) is 0 Å². The first-order valence-electron chi connectivity index (χ1n) is 7.56. The number of benzene rings is 1. The molecule has 2 rings (SSSR count). The van der Waals surface area contributed by atoms with Crippen LogP contribution in [-0.4, -0.2) is 20.9 Å². The van der Waals surface area contributed by atoms with E-state index in [0.717, 1.165) is 16.8 Å². The number of aromatic nitrogens is 2. The van der Waals surface area contributed by atoms with Crippen LogP contribution in [0.25, 0.3) is 0 Å². The van der Waals surface area contributed by atoms with Crippen molar-refractivity contribution in [3.63, 3.8) is 0 Å². The molecule has 0 saturated heterocycles. The molecule has 0 spiro atoms. The molecule has 0 aliphatic carbocycles. The number of nitrogens with zero attached hydrogens (tertiary/aromatic N) is 2. The second-order valence-corrected chi connectivity index (χ2v) is 5.90. The van der Waals surface area contributed by atoms with Crippen molar-refractivity contribution in [2.75, 3.05) is 0 Å². The second-order valence-electron chi connectivity index (χ2n) is 5.90. The molecule has 0 bridgehead atoms. The molecule has 5 heteroatoms. The van der Waals surface area contributed by atoms with Crippen LogP contribution in [0, 0.1) is 12.7 Å². The standard InChI is InChI=1S/C17H24FN3O/c1-11(9-17(22)14-5-7-15(18)8-6-14)20-12(2)16-10-19-21(4)13(16)3/h5-8,10-12,17,20,22H,9H2,1-4H3. The minimum Gasteiger partial charge on any atom is -0.388 e. The number of aliphatic hydroxyl groups is 1. The number of hydrogen-bond donors (Lipinski definition) is 2. The van der Waals surface area contributed by atoms with E-state index < -0.39 is 6.10 Å². The van der Waals surface area contributed by atoms with Crippen LogP contribution in [0.4, 0.5) is 4.39 Å². The zero-order valence-corrected chi connectivity index (χ0v) is 13.5. The Kier molecular flexibility index (Phi) is 5.32. The van der Waals surface area contributed by atoms with Crippen molar-refractivity contribution in [2.24, 2.45) is 7.05 Å². The monoisotopic (exact) mass is 305 g/mol. The molecule has 22 heavy (non-hydrogen) atoms. The SMILES string of the molecule is Cc1c(C(C)NC(C)CC(O)c2ccc(F)cc2)cnn1C. The van der Waals surface area contributed by atoms with Crippen LogP contribution in [0.15, 0.2) is 30.5 Å². The number of halogens is 1. The molecule has 1 aromatic heterocycles. The Balaban J connectivity index is 1.93. The third kappa shape index (κ3) is 3.93. The Morgan fingerprint density at radius 1 is 1.27 bits per heavy atom. The molecular weight excluding hydrogens is 281 g/mol. The molecule has 2 aromatic rings. The summed E-state index contributed by atoms with van der Waals surface area (Å²) in [6.07, 6.45) is 1.83. The predicted molar refractivity (Wildman–Crippen MR) is 84.9 cm³/mol. The van der Waals surface area contributed by atoms with E-state index in [1.165, 1.54) is 12.1 Å². The van der Waals surface area contributed by atoms with Crippen LogP contribution in [0.1, 0.15) is 49.2 Å². The summed E-state index contributed by atoms with van der Waals surface area (Å²) in [5.74, 6) is -0.289. The van der Waals surface area contributed by atoms with Gasteiger partial charge in [0.2, 0.25) is 0 Å². The minimum atomic E-state index is -0.606. The van der Waals surface area contributed by atoms with Gasteiger partial charge in [-0.3, -0.25) is 4.68 Å². The summed E-state index contributed by atoms with van der Waals surface area (Å²) in [7, 11) is 1.92. The highest BCUT2D eigenvalue weighted by atomic mass is 19.1. The zero-order valence-electron chi connectivity index (χ0n) is 13.5. The summed E-state index contributed by atoms with van der Waals surface area (Å²) < 4.78 is 14.8. The average Bonchev–Trinajstić information content (AvgIpc) is 2.79. The van der Waals surface area contributed by atoms with E-state index in [1.54, 1.807) is 12.1 Å². The van der Waals surface area contributed by atoms with Gasteiger partial charge in [0.25, 0.3) is 0 Å². The molecule has 4 nitrogen and oxygen atoms in total. The van der Waals surface area contributed by atoms with Gasteiger partial charge in [0.1, 0.15) is 5.82 Å². The molecule has 0 aliphatic rings. The smallest absolute Gasteiger partial charge is 0.123 e. The number of nitrogens with one attached hydrogen (secondary N) is 1. The summed E-state index contributed by atoms with van der Waals surface area (Å²) in [6.45, 7) is 6.16. The molecule has 3 unspecified atom stereocenters. The van der Waals surface area contributed by atoms with Gasteiger partial charge in [-0.15, -0.1) is 0 Å². The lowest BCUT2D eigenvalue weighted by molar-refractivity contribution is 0.152. The average molecular weight is 305 g/mol. The number of rotatable bonds is 6. The highest BCUT2D eigenvalue weighted by molar-refractivity contribution is 5.20. The molecule has 3 atom stereocenters. The fraction of sp³-hybridized carbons (Fsp3) is 0.471. The summed E-state index contributed by atoms with van der Waals surface area (Å²) in [5.41, 5.74) is 3.03. The molecule has 0 fully saturated rings. The van der Waals surface area contributed by atoms with Crippen LogP contribution in [0.3, 0.4) is 0 Å². The van der Waals surface area contributed by atoms with E-state index in [4.69, 9.17) is 0 Å². The Morgan fingerprint density at radius 2 is 1.91 bits per heavy atom. The van der Waals surface area contributed by atoms with Gasteiger partial charge in [-0.05, 0) is 44.9 Å². The lowest BCUT2D eigenvalue weighted by atomic mass is 10.0. The Labute approximate surface area is 131 Å². The largest absolute Gasteiger partial charge is 0.388 e. The fourth-order valence-electron chi connectivity index (χ4n) is 2.68. The first kappa shape index (κ1) is 16.6. The topological polar surface area (TPSA) is 50.1 Å². The van der Waals surface area contributed by atoms with E-state index >= 15 is 0 Å². The maximum absolute atomic E-state index is 12.9. The highest BCUT2D eigenvalue weighted by Gasteiger charge is 2.17. The number of aryl methyl sites for hydroxylation is 1. The summed E-state index contributed by atoms with van der Waals surface area (Å²) in [6, 6.07) is 6.28. The predicted octanol–water partition coefficient (Wildman–Crippen LogP) is 3.03. The van der Waals surface area contributed by atoms with Crippen molar-refractivity contribution < 1.29 is 9.50 Å². The zero-order chi connectivity index (χ0) is 16.3. The number of aliphatic hydroxyl groups excluding tert-OH is 1. The molecule has 0 aliphatic heterocycles. The van der Waals surface area contributed by atoms with Crippen molar-refractivity contribution in [1.29, 1.82) is 0 Å². The van der Waals surface area contributed by atoms with Crippen LogP contribution in [0.5, 0.6) is 0 Å². The van der Waals surface area contributed by atoms with E-state index in [1.807, 2.05) is 31.8 Å². The van der Waals surface area contributed by atoms with Crippen LogP contribution in [-0.2, 0) is 7.05 Å². The molecule has 120 valence electrons. The first-order chi connectivity index (χ1) is 10.4. The van der Waals surface area contributed by atoms with Gasteiger partial charge in [-0.2, -0.15) is 5.10 Å². The Morgan fingerprint density at radius 3 is 2.45 bits per heavy atom. The number of hydrogen-bond acceptors (Lipinski definition) is 3. The van der Waals surface area contributed by atoms with Crippen LogP contribution in [0.2, 0.25) is 0 Å². The molecule has 0 amide bonds. The molecule has 1 heterocycles. The van der Waals surface area contributed by atoms with E-state index in [9.17, 15) is 9.50 Å². The van der Waals surface area contributed by atoms with Gasteiger partial charge in [0.05, 0.1) is 12.3 Å². The molecule has 0 saturated carbocycles. The van der Waals surface area contributed by atoms with Crippen molar-refractivity contribution >= 4 is 0 Å². The lowest BCUT2D eigenvalue weighted by Crippen LogP contribution is -2.30. The Hall–Kier alpha value is -1.72. The van der Waals surface area contributed by atoms with E-state index in [0.29, 0.717) is 6.42 Å².